The van der Waals surface area contributed by atoms with Crippen molar-refractivity contribution >= 4 is 116 Å². The molecule has 0 N–H and O–H groups in total. The summed E-state index contributed by atoms with van der Waals surface area (Å²) in [4.78, 5) is 32.1. The average molecular weight is 1130 g/mol. The molecular weight excluding hydrogens is 1100 g/mol. The molecule has 0 atom stereocenters. The molecule has 14 aromatic rings. The maximum Gasteiger partial charge on any atom is 0.104 e. The molecular formula is C45H31N17S2SeY2-2. The summed E-state index contributed by atoms with van der Waals surface area (Å²) < 4.78 is 24.5. The molecule has 4 aromatic carbocycles. The molecule has 0 fully saturated rings. The number of nitrogens with zero attached hydrogens (tertiary/aromatic N) is 17. The Balaban J connectivity index is 0.000000128. The number of aromatic nitrogens is 17. The van der Waals surface area contributed by atoms with E-state index in [0.29, 0.717) is 0 Å². The van der Waals surface area contributed by atoms with E-state index in [2.05, 4.69) is 80.7 Å². The van der Waals surface area contributed by atoms with E-state index in [1.807, 2.05) is 134 Å². The van der Waals surface area contributed by atoms with Gasteiger partial charge in [-0.2, -0.15) is 17.5 Å². The van der Waals surface area contributed by atoms with Crippen molar-refractivity contribution in [2.45, 2.75) is 0 Å². The van der Waals surface area contributed by atoms with Crippen molar-refractivity contribution in [1.82, 2.24) is 80.7 Å². The van der Waals surface area contributed by atoms with E-state index in [1.165, 1.54) is 23.5 Å². The van der Waals surface area contributed by atoms with Crippen molar-refractivity contribution in [3.05, 3.63) is 189 Å². The van der Waals surface area contributed by atoms with Crippen LogP contribution in [0.25, 0.3) is 77.1 Å². The average Bonchev–Trinajstić information content (AvgIpc) is 4.26. The van der Waals surface area contributed by atoms with Crippen LogP contribution in [-0.2, 0) is 65.4 Å². The summed E-state index contributed by atoms with van der Waals surface area (Å²) in [5.41, 5.74) is 12.3. The van der Waals surface area contributed by atoms with Crippen LogP contribution in [0.2, 0.25) is 0 Å². The number of pyridine rings is 4. The Labute approximate surface area is 446 Å². The van der Waals surface area contributed by atoms with Gasteiger partial charge in [0.05, 0.1) is 46.9 Å². The molecule has 0 aliphatic heterocycles. The zero-order valence-corrected chi connectivity index (χ0v) is 43.9. The molecule has 2 radical (unpaired) electrons. The fraction of sp³-hybridized carbons (Fsp3) is 0. The van der Waals surface area contributed by atoms with E-state index in [0.717, 1.165) is 77.1 Å². The molecule has 17 nitrogen and oxygen atoms in total. The fourth-order valence-electron chi connectivity index (χ4n) is 5.41. The van der Waals surface area contributed by atoms with Crippen LogP contribution in [0.4, 0.5) is 0 Å². The number of para-hydroxylation sites is 2. The summed E-state index contributed by atoms with van der Waals surface area (Å²) in [5, 5.41) is 12.1. The summed E-state index contributed by atoms with van der Waals surface area (Å²) in [5.74, 6) is 0. The van der Waals surface area contributed by atoms with Gasteiger partial charge in [-0.15, -0.1) is 0 Å². The van der Waals surface area contributed by atoms with Gasteiger partial charge in [0.15, 0.2) is 0 Å². The molecule has 10 aromatic heterocycles. The number of benzene rings is 4. The Morgan fingerprint density at radius 1 is 0.373 bits per heavy atom. The van der Waals surface area contributed by atoms with Crippen LogP contribution in [0.5, 0.6) is 0 Å². The Bertz CT molecular complexity index is 2870. The minimum atomic E-state index is 0. The van der Waals surface area contributed by atoms with Crippen LogP contribution < -0.4 is 10.1 Å². The molecule has 0 bridgehead atoms. The third-order valence-electron chi connectivity index (χ3n) is 8.51. The van der Waals surface area contributed by atoms with Crippen molar-refractivity contribution < 1.29 is 65.4 Å². The van der Waals surface area contributed by atoms with Crippen LogP contribution in [0, 0.1) is 0 Å². The van der Waals surface area contributed by atoms with Gasteiger partial charge in [-0.1, -0.05) is 67.0 Å². The first kappa shape index (κ1) is 50.3. The van der Waals surface area contributed by atoms with E-state index >= 15 is 0 Å². The summed E-state index contributed by atoms with van der Waals surface area (Å²) in [6.45, 7) is 0. The van der Waals surface area contributed by atoms with Gasteiger partial charge >= 0.3 is 58.2 Å². The minimum Gasteiger partial charge on any atom is -0.264 e. The van der Waals surface area contributed by atoms with Gasteiger partial charge in [0.25, 0.3) is 0 Å². The van der Waals surface area contributed by atoms with Crippen molar-refractivity contribution in [2.75, 3.05) is 0 Å². The third kappa shape index (κ3) is 15.2. The second kappa shape index (κ2) is 27.5. The summed E-state index contributed by atoms with van der Waals surface area (Å²) >= 11 is 2.59. The molecule has 0 aliphatic carbocycles. The molecule has 0 saturated heterocycles. The first-order valence-corrected chi connectivity index (χ1v) is 22.3. The molecule has 0 amide bonds. The second-order valence-corrected chi connectivity index (χ2v) is 14.9. The van der Waals surface area contributed by atoms with E-state index in [-0.39, 0.29) is 80.4 Å². The smallest absolute Gasteiger partial charge is 0.104 e. The molecule has 0 saturated carbocycles. The predicted octanol–water partition coefficient (Wildman–Crippen LogP) is 7.89. The second-order valence-electron chi connectivity index (χ2n) is 12.8. The van der Waals surface area contributed by atoms with Crippen molar-refractivity contribution in [2.24, 2.45) is 0 Å². The minimum absolute atomic E-state index is 0. The van der Waals surface area contributed by atoms with Gasteiger partial charge in [0.2, 0.25) is 0 Å². The van der Waals surface area contributed by atoms with Gasteiger partial charge in [-0.25, -0.2) is 0 Å². The molecule has 22 heteroatoms. The molecule has 0 aliphatic rings. The predicted molar refractivity (Wildman–Crippen MR) is 254 cm³/mol. The number of hydrogen-bond donors (Lipinski definition) is 0. The van der Waals surface area contributed by atoms with E-state index in [9.17, 15) is 0 Å². The van der Waals surface area contributed by atoms with Crippen LogP contribution in [0.3, 0.4) is 0 Å². The van der Waals surface area contributed by atoms with Gasteiger partial charge in [0, 0.05) is 114 Å². The number of fused-ring (bicyclic) bond motifs is 7. The standard InChI is InChI=1S/C8H6N2.C7H5N3.C7H5N2.C6H4N3.C6H4N2S.C6H4N2Se.C5H3N3S.2Y/c1-2-7-6-9-5-3-8(7)10-4-1;1-2-8-5-7-6(1)9-3-4-10-7;1-2-4-7-6(3-1)8-5-9-7;3*1-2-4-6-5(3-1)7-9-8-6;1-2-6-3-5-4(1)7-9-8-5;;/h1-6H;1-5H;1-5H;3*1-4H;1-3H;;/q;;2*-1;;;;;. The van der Waals surface area contributed by atoms with Crippen LogP contribution in [-0.4, -0.2) is 85.6 Å². The maximum atomic E-state index is 4.20. The Kier molecular flexibility index (Phi) is 20.7. The first-order chi connectivity index (χ1) is 32.3. The molecule has 322 valence electrons. The van der Waals surface area contributed by atoms with E-state index < -0.39 is 0 Å². The Morgan fingerprint density at radius 3 is 1.51 bits per heavy atom. The monoisotopic (exact) mass is 1130 g/mol. The summed E-state index contributed by atoms with van der Waals surface area (Å²) in [6, 6.07) is 40.7. The number of rotatable bonds is 0. The van der Waals surface area contributed by atoms with Crippen molar-refractivity contribution in [1.29, 1.82) is 0 Å². The van der Waals surface area contributed by atoms with Crippen LogP contribution in [0.1, 0.15) is 0 Å². The quantitative estimate of drug-likeness (QED) is 0.132. The van der Waals surface area contributed by atoms with Gasteiger partial charge in [-0.05, 0) is 64.5 Å². The van der Waals surface area contributed by atoms with Gasteiger partial charge in [0.1, 0.15) is 27.6 Å². The van der Waals surface area contributed by atoms with E-state index in [1.54, 1.807) is 55.9 Å². The number of hydrogen-bond acceptors (Lipinski definition) is 17. The van der Waals surface area contributed by atoms with Crippen LogP contribution >= 0.6 is 23.5 Å². The molecule has 10 heterocycles. The normalized spacial score (nSPS) is 9.85. The number of imidazole rings is 1. The molecule has 0 spiro atoms. The fourth-order valence-corrected chi connectivity index (χ4v) is 7.55. The summed E-state index contributed by atoms with van der Waals surface area (Å²) in [6.07, 6.45) is 17.1. The van der Waals surface area contributed by atoms with Gasteiger partial charge in [-0.3, -0.25) is 35.1 Å². The zero-order valence-electron chi connectivity index (χ0n) is 34.9. The Morgan fingerprint density at radius 2 is 0.881 bits per heavy atom. The third-order valence-corrected chi connectivity index (χ3v) is 10.8. The SMILES string of the molecule is [Y].[Y].c1cc2nccnc2cn1.c1cc2nsnc2cn1.c1ccc2[n-]cnc2c1.c1ccc2[n-]nnc2c1.c1ccc2n[se]nc2c1.c1ccc2nsnc2c1.c1cnc2ccncc2c1. The largest absolute Gasteiger partial charge is 0.264 e. The van der Waals surface area contributed by atoms with Gasteiger partial charge < -0.3 is 20.2 Å². The molecule has 0 unspecified atom stereocenters. The first-order valence-electron chi connectivity index (χ1n) is 19.3. The van der Waals surface area contributed by atoms with E-state index in [4.69, 9.17) is 0 Å². The van der Waals surface area contributed by atoms with Crippen molar-refractivity contribution in [3.63, 3.8) is 0 Å². The topological polar surface area (TPSA) is 222 Å². The van der Waals surface area contributed by atoms with Crippen molar-refractivity contribution in [3.8, 4) is 0 Å². The van der Waals surface area contributed by atoms with Crippen LogP contribution in [0.15, 0.2) is 189 Å². The Hall–Kier alpha value is -6.08. The zero-order chi connectivity index (χ0) is 44.1. The molecule has 14 rings (SSSR count). The molecule has 67 heavy (non-hydrogen) atoms. The summed E-state index contributed by atoms with van der Waals surface area (Å²) in [7, 11) is 0. The maximum absolute atomic E-state index is 4.20.